The molecule has 5 heteroatoms. The monoisotopic (exact) mass is 365 g/mol. The minimum Gasteiger partial charge on any atom is -0.326 e. The summed E-state index contributed by atoms with van der Waals surface area (Å²) in [5.74, 6) is -0.113. The van der Waals surface area contributed by atoms with Gasteiger partial charge < -0.3 is 10.6 Å². The van der Waals surface area contributed by atoms with E-state index in [1.165, 1.54) is 0 Å². The van der Waals surface area contributed by atoms with Gasteiger partial charge in [-0.1, -0.05) is 36.4 Å². The van der Waals surface area contributed by atoms with Crippen LogP contribution in [0.4, 0.5) is 11.4 Å². The number of para-hydroxylation sites is 2. The maximum atomic E-state index is 12.7. The number of aryl methyl sites for hydroxylation is 1. The van der Waals surface area contributed by atoms with Gasteiger partial charge in [-0.2, -0.15) is 0 Å². The van der Waals surface area contributed by atoms with Crippen LogP contribution in [0.25, 0.3) is 0 Å². The molecule has 2 N–H and O–H groups in total. The molecule has 3 rings (SSSR count). The Kier molecular flexibility index (Phi) is 6.24. The standard InChI is InChI=1S/C22H27N3O2/c1-16-9-6-7-13-20(16)24-21(26)17(2)25-14-8-10-18(15-25)22(27)23-19-11-4-3-5-12-19/h3-7,9,11-13,17-18H,8,10,14-15H2,1-2H3,(H,23,27)(H,24,26)/t17-,18-/m0/s1. The van der Waals surface area contributed by atoms with Crippen molar-refractivity contribution in [2.75, 3.05) is 23.7 Å². The number of carbonyl (C=O) groups is 2. The number of nitrogens with one attached hydrogen (secondary N) is 2. The van der Waals surface area contributed by atoms with Gasteiger partial charge in [0.15, 0.2) is 0 Å². The lowest BCUT2D eigenvalue weighted by Gasteiger charge is -2.35. The minimum absolute atomic E-state index is 0.0254. The Morgan fingerprint density at radius 1 is 1.04 bits per heavy atom. The van der Waals surface area contributed by atoms with Crippen LogP contribution in [-0.4, -0.2) is 35.8 Å². The van der Waals surface area contributed by atoms with Gasteiger partial charge in [0.2, 0.25) is 11.8 Å². The first-order valence-electron chi connectivity index (χ1n) is 9.51. The molecule has 2 aromatic carbocycles. The number of piperidine rings is 1. The first-order chi connectivity index (χ1) is 13.0. The fraction of sp³-hybridized carbons (Fsp3) is 0.364. The van der Waals surface area contributed by atoms with E-state index in [2.05, 4.69) is 15.5 Å². The highest BCUT2D eigenvalue weighted by Gasteiger charge is 2.31. The fourth-order valence-electron chi connectivity index (χ4n) is 3.45. The van der Waals surface area contributed by atoms with Crippen LogP contribution >= 0.6 is 0 Å². The molecule has 1 heterocycles. The van der Waals surface area contributed by atoms with Crippen molar-refractivity contribution in [3.8, 4) is 0 Å². The van der Waals surface area contributed by atoms with E-state index in [1.54, 1.807) is 0 Å². The summed E-state index contributed by atoms with van der Waals surface area (Å²) in [6, 6.07) is 17.0. The van der Waals surface area contributed by atoms with Crippen LogP contribution in [0.2, 0.25) is 0 Å². The lowest BCUT2D eigenvalue weighted by Crippen LogP contribution is -2.49. The van der Waals surface area contributed by atoms with Crippen molar-refractivity contribution >= 4 is 23.2 Å². The number of amides is 2. The van der Waals surface area contributed by atoms with Crippen molar-refractivity contribution in [3.63, 3.8) is 0 Å². The molecular weight excluding hydrogens is 338 g/mol. The van der Waals surface area contributed by atoms with Crippen LogP contribution in [0.3, 0.4) is 0 Å². The second-order valence-corrected chi connectivity index (χ2v) is 7.17. The van der Waals surface area contributed by atoms with Gasteiger partial charge in [0.05, 0.1) is 12.0 Å². The first-order valence-corrected chi connectivity index (χ1v) is 9.51. The summed E-state index contributed by atoms with van der Waals surface area (Å²) >= 11 is 0. The van der Waals surface area contributed by atoms with Crippen LogP contribution in [0.15, 0.2) is 54.6 Å². The van der Waals surface area contributed by atoms with E-state index in [1.807, 2.05) is 68.4 Å². The van der Waals surface area contributed by atoms with Crippen LogP contribution in [0.5, 0.6) is 0 Å². The maximum Gasteiger partial charge on any atom is 0.241 e. The first kappa shape index (κ1) is 19.1. The molecule has 1 saturated heterocycles. The molecule has 0 bridgehead atoms. The largest absolute Gasteiger partial charge is 0.326 e. The molecule has 0 aliphatic carbocycles. The molecule has 27 heavy (non-hydrogen) atoms. The Balaban J connectivity index is 1.59. The molecule has 0 saturated carbocycles. The Hall–Kier alpha value is -2.66. The summed E-state index contributed by atoms with van der Waals surface area (Å²) in [5.41, 5.74) is 2.69. The predicted octanol–water partition coefficient (Wildman–Crippen LogP) is 3.67. The van der Waals surface area contributed by atoms with E-state index in [-0.39, 0.29) is 23.8 Å². The number of benzene rings is 2. The number of anilines is 2. The summed E-state index contributed by atoms with van der Waals surface area (Å²) in [5, 5.41) is 5.99. The van der Waals surface area contributed by atoms with E-state index in [0.29, 0.717) is 6.54 Å². The number of likely N-dealkylation sites (tertiary alicyclic amines) is 1. The van der Waals surface area contributed by atoms with Crippen LogP contribution in [-0.2, 0) is 9.59 Å². The smallest absolute Gasteiger partial charge is 0.241 e. The second-order valence-electron chi connectivity index (χ2n) is 7.17. The van der Waals surface area contributed by atoms with Crippen molar-refractivity contribution in [1.29, 1.82) is 0 Å². The predicted molar refractivity (Wildman–Crippen MR) is 109 cm³/mol. The van der Waals surface area contributed by atoms with Crippen molar-refractivity contribution in [1.82, 2.24) is 4.90 Å². The summed E-state index contributed by atoms with van der Waals surface area (Å²) < 4.78 is 0. The van der Waals surface area contributed by atoms with Crippen molar-refractivity contribution in [3.05, 3.63) is 60.2 Å². The Labute approximate surface area is 160 Å². The van der Waals surface area contributed by atoms with Gasteiger partial charge in [-0.25, -0.2) is 0 Å². The summed E-state index contributed by atoms with van der Waals surface area (Å²) in [6.45, 7) is 5.31. The molecule has 2 amide bonds. The van der Waals surface area contributed by atoms with E-state index < -0.39 is 0 Å². The van der Waals surface area contributed by atoms with E-state index in [4.69, 9.17) is 0 Å². The summed E-state index contributed by atoms with van der Waals surface area (Å²) in [6.07, 6.45) is 1.76. The highest BCUT2D eigenvalue weighted by atomic mass is 16.2. The maximum absolute atomic E-state index is 12.7. The zero-order chi connectivity index (χ0) is 19.2. The lowest BCUT2D eigenvalue weighted by atomic mass is 9.95. The molecule has 0 radical (unpaired) electrons. The number of nitrogens with zero attached hydrogens (tertiary/aromatic N) is 1. The highest BCUT2D eigenvalue weighted by Crippen LogP contribution is 2.21. The third kappa shape index (κ3) is 4.95. The average Bonchev–Trinajstić information content (AvgIpc) is 2.70. The highest BCUT2D eigenvalue weighted by molar-refractivity contribution is 5.95. The average molecular weight is 365 g/mol. The van der Waals surface area contributed by atoms with E-state index in [9.17, 15) is 9.59 Å². The van der Waals surface area contributed by atoms with Gasteiger partial charge in [-0.05, 0) is 57.0 Å². The number of rotatable bonds is 5. The van der Waals surface area contributed by atoms with Gasteiger partial charge in [-0.15, -0.1) is 0 Å². The van der Waals surface area contributed by atoms with Crippen LogP contribution in [0, 0.1) is 12.8 Å². The third-order valence-electron chi connectivity index (χ3n) is 5.20. The minimum atomic E-state index is -0.281. The van der Waals surface area contributed by atoms with Gasteiger partial charge in [0.25, 0.3) is 0 Å². The molecule has 5 nitrogen and oxygen atoms in total. The lowest BCUT2D eigenvalue weighted by molar-refractivity contribution is -0.125. The van der Waals surface area contributed by atoms with Crippen LogP contribution in [0.1, 0.15) is 25.3 Å². The van der Waals surface area contributed by atoms with E-state index in [0.717, 1.165) is 36.3 Å². The Morgan fingerprint density at radius 2 is 1.74 bits per heavy atom. The van der Waals surface area contributed by atoms with Gasteiger partial charge in [0.1, 0.15) is 0 Å². The fourth-order valence-corrected chi connectivity index (χ4v) is 3.45. The molecular formula is C22H27N3O2. The van der Waals surface area contributed by atoms with E-state index >= 15 is 0 Å². The SMILES string of the molecule is Cc1ccccc1NC(=O)[C@H](C)N1CCC[C@H](C(=O)Nc2ccccc2)C1. The van der Waals surface area contributed by atoms with Gasteiger partial charge in [-0.3, -0.25) is 14.5 Å². The number of hydrogen-bond donors (Lipinski definition) is 2. The zero-order valence-electron chi connectivity index (χ0n) is 15.9. The van der Waals surface area contributed by atoms with Crippen molar-refractivity contribution in [2.24, 2.45) is 5.92 Å². The molecule has 0 unspecified atom stereocenters. The number of hydrogen-bond acceptors (Lipinski definition) is 3. The summed E-state index contributed by atoms with van der Waals surface area (Å²) in [4.78, 5) is 27.4. The molecule has 2 aromatic rings. The number of carbonyl (C=O) groups excluding carboxylic acids is 2. The van der Waals surface area contributed by atoms with Crippen molar-refractivity contribution in [2.45, 2.75) is 32.7 Å². The molecule has 0 aromatic heterocycles. The van der Waals surface area contributed by atoms with Crippen LogP contribution < -0.4 is 10.6 Å². The Morgan fingerprint density at radius 3 is 2.48 bits per heavy atom. The molecule has 1 fully saturated rings. The molecule has 1 aliphatic rings. The molecule has 2 atom stereocenters. The summed E-state index contributed by atoms with van der Waals surface area (Å²) in [7, 11) is 0. The van der Waals surface area contributed by atoms with Gasteiger partial charge in [0, 0.05) is 17.9 Å². The molecule has 0 spiro atoms. The Bertz CT molecular complexity index is 791. The zero-order valence-corrected chi connectivity index (χ0v) is 15.9. The van der Waals surface area contributed by atoms with Crippen molar-refractivity contribution < 1.29 is 9.59 Å². The molecule has 1 aliphatic heterocycles. The molecule has 142 valence electrons. The second kappa shape index (κ2) is 8.82. The normalized spacial score (nSPS) is 18.5. The topological polar surface area (TPSA) is 61.4 Å². The third-order valence-corrected chi connectivity index (χ3v) is 5.20. The quantitative estimate of drug-likeness (QED) is 0.850. The van der Waals surface area contributed by atoms with Gasteiger partial charge >= 0.3 is 0 Å².